The Morgan fingerprint density at radius 3 is 2.78 bits per heavy atom. The van der Waals surface area contributed by atoms with E-state index < -0.39 is 0 Å². The van der Waals surface area contributed by atoms with Crippen LogP contribution in [0.15, 0.2) is 28.9 Å². The fourth-order valence-electron chi connectivity index (χ4n) is 1.63. The van der Waals surface area contributed by atoms with E-state index in [1.165, 1.54) is 0 Å². The molecule has 23 heavy (non-hydrogen) atoms. The molecule has 0 saturated heterocycles. The first-order valence-corrected chi connectivity index (χ1v) is 6.87. The van der Waals surface area contributed by atoms with E-state index in [1.807, 2.05) is 26.1 Å². The minimum atomic E-state index is -0.0327. The van der Waals surface area contributed by atoms with Crippen molar-refractivity contribution >= 4 is 30.7 Å². The largest absolute Gasteiger partial charge is 0.355 e. The Kier molecular flexibility index (Phi) is 10.1. The van der Waals surface area contributed by atoms with Crippen LogP contribution in [-0.4, -0.2) is 40.7 Å². The Bertz CT molecular complexity index is 580. The third-order valence-corrected chi connectivity index (χ3v) is 3.03. The smallest absolute Gasteiger partial charge is 0.227 e. The first kappa shape index (κ1) is 21.3. The molecule has 2 N–H and O–H groups in total. The number of carbonyl (C=O) groups excluding carboxylic acids is 1. The number of nitrogens with one attached hydrogen (secondary N) is 2. The van der Waals surface area contributed by atoms with Gasteiger partial charge in [0.15, 0.2) is 0 Å². The Hall–Kier alpha value is -1.70. The molecule has 2 aromatic rings. The summed E-state index contributed by atoms with van der Waals surface area (Å²) < 4.78 is 5.12. The monoisotopic (exact) mass is 361 g/mol. The van der Waals surface area contributed by atoms with E-state index in [1.54, 1.807) is 12.3 Å². The van der Waals surface area contributed by atoms with Gasteiger partial charge in [-0.25, -0.2) is 0 Å². The lowest BCUT2D eigenvalue weighted by atomic mass is 10.2. The number of hydrogen-bond acceptors (Lipinski definition) is 6. The third-order valence-electron chi connectivity index (χ3n) is 3.03. The average molecular weight is 362 g/mol. The quantitative estimate of drug-likeness (QED) is 0.778. The molecule has 7 nitrogen and oxygen atoms in total. The fourth-order valence-corrected chi connectivity index (χ4v) is 1.63. The van der Waals surface area contributed by atoms with Crippen molar-refractivity contribution in [2.24, 2.45) is 0 Å². The first-order valence-electron chi connectivity index (χ1n) is 6.87. The molecular weight excluding hydrogens is 341 g/mol. The van der Waals surface area contributed by atoms with E-state index in [-0.39, 0.29) is 36.8 Å². The van der Waals surface area contributed by atoms with Crippen LogP contribution in [0.4, 0.5) is 0 Å². The van der Waals surface area contributed by atoms with Crippen molar-refractivity contribution in [3.8, 4) is 11.5 Å². The lowest BCUT2D eigenvalue weighted by Crippen LogP contribution is -2.37. The molecule has 0 aromatic carbocycles. The van der Waals surface area contributed by atoms with Crippen molar-refractivity contribution in [1.82, 2.24) is 25.8 Å². The molecule has 0 aliphatic rings. The molecule has 128 valence electrons. The van der Waals surface area contributed by atoms with Crippen LogP contribution >= 0.6 is 24.8 Å². The molecule has 0 saturated carbocycles. The van der Waals surface area contributed by atoms with E-state index in [2.05, 4.69) is 25.8 Å². The number of aromatic nitrogens is 3. The van der Waals surface area contributed by atoms with Crippen LogP contribution in [-0.2, 0) is 11.2 Å². The van der Waals surface area contributed by atoms with Crippen LogP contribution in [0.25, 0.3) is 11.5 Å². The van der Waals surface area contributed by atoms with Gasteiger partial charge in [-0.3, -0.25) is 9.78 Å². The number of hydrogen-bond donors (Lipinski definition) is 2. The molecule has 1 atom stereocenters. The van der Waals surface area contributed by atoms with Gasteiger partial charge >= 0.3 is 0 Å². The summed E-state index contributed by atoms with van der Waals surface area (Å²) in [5.74, 6) is 0.844. The summed E-state index contributed by atoms with van der Waals surface area (Å²) in [6, 6.07) is 5.73. The van der Waals surface area contributed by atoms with Crippen LogP contribution < -0.4 is 10.6 Å². The predicted molar refractivity (Wildman–Crippen MR) is 91.9 cm³/mol. The second kappa shape index (κ2) is 10.9. The summed E-state index contributed by atoms with van der Waals surface area (Å²) in [4.78, 5) is 20.0. The molecular formula is C14H21Cl2N5O2. The Labute approximate surface area is 147 Å². The molecule has 0 radical (unpaired) electrons. The number of likely N-dealkylation sites (N-methyl/N-ethyl adjacent to an activating group) is 1. The average Bonchev–Trinajstić information content (AvgIpc) is 3.00. The molecule has 1 amide bonds. The molecule has 2 heterocycles. The Morgan fingerprint density at radius 1 is 1.35 bits per heavy atom. The lowest BCUT2D eigenvalue weighted by Gasteiger charge is -2.10. The number of amides is 1. The van der Waals surface area contributed by atoms with Gasteiger partial charge in [-0.05, 0) is 26.1 Å². The van der Waals surface area contributed by atoms with E-state index in [9.17, 15) is 4.79 Å². The van der Waals surface area contributed by atoms with Crippen molar-refractivity contribution in [3.63, 3.8) is 0 Å². The summed E-state index contributed by atoms with van der Waals surface area (Å²) in [6.45, 7) is 2.59. The maximum Gasteiger partial charge on any atom is 0.227 e. The predicted octanol–water partition coefficient (Wildman–Crippen LogP) is 1.63. The lowest BCUT2D eigenvalue weighted by molar-refractivity contribution is -0.121. The molecule has 1 unspecified atom stereocenters. The van der Waals surface area contributed by atoms with Gasteiger partial charge in [0, 0.05) is 31.6 Å². The molecule has 0 fully saturated rings. The number of aryl methyl sites for hydroxylation is 1. The zero-order valence-electron chi connectivity index (χ0n) is 13.0. The Balaban J connectivity index is 0.00000242. The van der Waals surface area contributed by atoms with Crippen LogP contribution in [0.1, 0.15) is 19.2 Å². The highest BCUT2D eigenvalue weighted by atomic mass is 35.5. The number of rotatable bonds is 7. The van der Waals surface area contributed by atoms with Gasteiger partial charge in [-0.1, -0.05) is 11.2 Å². The maximum absolute atomic E-state index is 11.7. The van der Waals surface area contributed by atoms with Gasteiger partial charge < -0.3 is 15.2 Å². The normalized spacial score (nSPS) is 11.0. The zero-order chi connectivity index (χ0) is 15.1. The minimum Gasteiger partial charge on any atom is -0.355 e. The highest BCUT2D eigenvalue weighted by molar-refractivity contribution is 5.85. The first-order chi connectivity index (χ1) is 10.2. The van der Waals surface area contributed by atoms with Crippen molar-refractivity contribution in [1.29, 1.82) is 0 Å². The Morgan fingerprint density at radius 2 is 2.13 bits per heavy atom. The van der Waals surface area contributed by atoms with Crippen molar-refractivity contribution in [2.45, 2.75) is 25.8 Å². The van der Waals surface area contributed by atoms with E-state index in [4.69, 9.17) is 4.52 Å². The van der Waals surface area contributed by atoms with Crippen LogP contribution in [0.2, 0.25) is 0 Å². The third kappa shape index (κ3) is 6.94. The van der Waals surface area contributed by atoms with E-state index in [0.29, 0.717) is 36.8 Å². The van der Waals surface area contributed by atoms with Gasteiger partial charge in [0.25, 0.3) is 0 Å². The van der Waals surface area contributed by atoms with E-state index in [0.717, 1.165) is 0 Å². The molecule has 9 heteroatoms. The summed E-state index contributed by atoms with van der Waals surface area (Å²) in [6.07, 6.45) is 2.40. The highest BCUT2D eigenvalue weighted by Crippen LogP contribution is 2.12. The van der Waals surface area contributed by atoms with Gasteiger partial charge in [-0.2, -0.15) is 4.98 Å². The maximum atomic E-state index is 11.7. The van der Waals surface area contributed by atoms with Gasteiger partial charge in [-0.15, -0.1) is 24.8 Å². The standard InChI is InChI=1S/C14H19N5O2.2ClH/c1-10(15-2)9-17-12(20)6-7-13-18-14(19-21-13)11-5-3-4-8-16-11;;/h3-5,8,10,15H,6-7,9H2,1-2H3,(H,17,20);2*1H. The second-order valence-corrected chi connectivity index (χ2v) is 4.72. The SMILES string of the molecule is CNC(C)CNC(=O)CCc1nc(-c2ccccn2)no1.Cl.Cl. The summed E-state index contributed by atoms with van der Waals surface area (Å²) in [5, 5.41) is 9.75. The van der Waals surface area contributed by atoms with Crippen molar-refractivity contribution in [2.75, 3.05) is 13.6 Å². The number of nitrogens with zero attached hydrogens (tertiary/aromatic N) is 3. The molecule has 0 spiro atoms. The number of pyridine rings is 1. The molecule has 0 aliphatic carbocycles. The highest BCUT2D eigenvalue weighted by Gasteiger charge is 2.11. The van der Waals surface area contributed by atoms with Crippen LogP contribution in [0.3, 0.4) is 0 Å². The minimum absolute atomic E-state index is 0. The van der Waals surface area contributed by atoms with Crippen molar-refractivity contribution in [3.05, 3.63) is 30.3 Å². The molecule has 2 aromatic heterocycles. The molecule has 0 bridgehead atoms. The van der Waals surface area contributed by atoms with Gasteiger partial charge in [0.2, 0.25) is 17.6 Å². The van der Waals surface area contributed by atoms with E-state index >= 15 is 0 Å². The second-order valence-electron chi connectivity index (χ2n) is 4.72. The topological polar surface area (TPSA) is 92.9 Å². The number of carbonyl (C=O) groups is 1. The molecule has 0 aliphatic heterocycles. The summed E-state index contributed by atoms with van der Waals surface area (Å²) >= 11 is 0. The zero-order valence-corrected chi connectivity index (χ0v) is 14.6. The summed E-state index contributed by atoms with van der Waals surface area (Å²) in [5.41, 5.74) is 0.653. The number of halogens is 2. The van der Waals surface area contributed by atoms with Gasteiger partial charge in [0.1, 0.15) is 5.69 Å². The van der Waals surface area contributed by atoms with Crippen LogP contribution in [0, 0.1) is 0 Å². The summed E-state index contributed by atoms with van der Waals surface area (Å²) in [7, 11) is 1.86. The molecule has 2 rings (SSSR count). The van der Waals surface area contributed by atoms with Crippen LogP contribution in [0.5, 0.6) is 0 Å². The van der Waals surface area contributed by atoms with Gasteiger partial charge in [0.05, 0.1) is 0 Å². The van der Waals surface area contributed by atoms with Crippen molar-refractivity contribution < 1.29 is 9.32 Å². The fraction of sp³-hybridized carbons (Fsp3) is 0.429.